The molecule has 6 nitrogen and oxygen atoms in total. The topological polar surface area (TPSA) is 70.2 Å². The van der Waals surface area contributed by atoms with Gasteiger partial charge in [0.05, 0.1) is 18.8 Å². The van der Waals surface area contributed by atoms with Crippen LogP contribution < -0.4 is 10.1 Å². The average molecular weight is 376 g/mol. The van der Waals surface area contributed by atoms with Crippen molar-refractivity contribution in [3.63, 3.8) is 0 Å². The molecule has 0 aliphatic heterocycles. The minimum atomic E-state index is -0.178. The molecular formula is C22H24N4O2. The number of aryl methyl sites for hydroxylation is 1. The van der Waals surface area contributed by atoms with E-state index in [0.717, 1.165) is 43.9 Å². The summed E-state index contributed by atoms with van der Waals surface area (Å²) in [6.07, 6.45) is 1.61. The Balaban J connectivity index is 1.97. The molecule has 2 aromatic carbocycles. The summed E-state index contributed by atoms with van der Waals surface area (Å²) in [5.41, 5.74) is 3.64. The first-order valence-electron chi connectivity index (χ1n) is 9.25. The number of pyridine rings is 1. The number of fused-ring (bicyclic) bond motifs is 4. The van der Waals surface area contributed by atoms with Gasteiger partial charge in [0.15, 0.2) is 0 Å². The molecule has 144 valence electrons. The Hall–Kier alpha value is -3.12. The molecule has 2 N–H and O–H groups in total. The van der Waals surface area contributed by atoms with E-state index in [1.807, 2.05) is 50.2 Å². The van der Waals surface area contributed by atoms with E-state index < -0.39 is 0 Å². The third-order valence-corrected chi connectivity index (χ3v) is 5.43. The molecule has 0 fully saturated rings. The third kappa shape index (κ3) is 2.86. The Kier molecular flexibility index (Phi) is 4.43. The summed E-state index contributed by atoms with van der Waals surface area (Å²) in [5, 5.41) is 6.99. The van der Waals surface area contributed by atoms with Gasteiger partial charge >= 0.3 is 0 Å². The predicted molar refractivity (Wildman–Crippen MR) is 113 cm³/mol. The van der Waals surface area contributed by atoms with Gasteiger partial charge in [0, 0.05) is 27.9 Å². The van der Waals surface area contributed by atoms with Crippen LogP contribution in [0.1, 0.15) is 23.0 Å². The number of nitrogens with zero attached hydrogens (tertiary/aromatic N) is 2. The summed E-state index contributed by atoms with van der Waals surface area (Å²) in [5.74, 6) is 0.623. The molecule has 4 rings (SSSR count). The molecule has 2 heterocycles. The van der Waals surface area contributed by atoms with Crippen molar-refractivity contribution in [1.29, 1.82) is 0 Å². The fourth-order valence-electron chi connectivity index (χ4n) is 3.56. The van der Waals surface area contributed by atoms with E-state index in [2.05, 4.69) is 28.3 Å². The molecule has 0 radical (unpaired) electrons. The van der Waals surface area contributed by atoms with Crippen LogP contribution in [0.25, 0.3) is 32.6 Å². The van der Waals surface area contributed by atoms with Crippen molar-refractivity contribution in [2.24, 2.45) is 0 Å². The molecule has 0 bridgehead atoms. The van der Waals surface area contributed by atoms with Crippen molar-refractivity contribution in [1.82, 2.24) is 20.2 Å². The van der Waals surface area contributed by atoms with Crippen molar-refractivity contribution < 1.29 is 9.53 Å². The number of amides is 1. The maximum absolute atomic E-state index is 12.9. The van der Waals surface area contributed by atoms with E-state index in [4.69, 9.17) is 4.74 Å². The first-order chi connectivity index (χ1) is 13.4. The summed E-state index contributed by atoms with van der Waals surface area (Å²) in [4.78, 5) is 22.7. The molecule has 0 saturated heterocycles. The van der Waals surface area contributed by atoms with E-state index in [1.165, 1.54) is 0 Å². The minimum absolute atomic E-state index is 0.0910. The van der Waals surface area contributed by atoms with Crippen LogP contribution >= 0.6 is 0 Å². The highest BCUT2D eigenvalue weighted by Crippen LogP contribution is 2.35. The summed E-state index contributed by atoms with van der Waals surface area (Å²) in [6, 6.07) is 9.99. The zero-order valence-corrected chi connectivity index (χ0v) is 16.8. The number of hydrogen-bond donors (Lipinski definition) is 2. The molecule has 2 aromatic heterocycles. The lowest BCUT2D eigenvalue weighted by atomic mass is 10.00. The normalized spacial score (nSPS) is 12.8. The zero-order chi connectivity index (χ0) is 20.0. The molecule has 1 amide bonds. The number of nitrogens with one attached hydrogen (secondary N) is 2. The van der Waals surface area contributed by atoms with E-state index in [1.54, 1.807) is 13.3 Å². The highest BCUT2D eigenvalue weighted by molar-refractivity contribution is 6.17. The molecule has 0 aliphatic carbocycles. The molecule has 0 aliphatic rings. The summed E-state index contributed by atoms with van der Waals surface area (Å²) in [6.45, 7) is 4.01. The molecule has 4 aromatic rings. The lowest BCUT2D eigenvalue weighted by Crippen LogP contribution is -2.42. The van der Waals surface area contributed by atoms with Crippen molar-refractivity contribution in [3.05, 3.63) is 47.8 Å². The van der Waals surface area contributed by atoms with E-state index in [-0.39, 0.29) is 12.1 Å². The number of aromatic amines is 1. The van der Waals surface area contributed by atoms with Gasteiger partial charge in [-0.2, -0.15) is 0 Å². The van der Waals surface area contributed by atoms with Gasteiger partial charge in [0.1, 0.15) is 11.4 Å². The van der Waals surface area contributed by atoms with Crippen LogP contribution in [0.4, 0.5) is 0 Å². The maximum Gasteiger partial charge on any atom is 0.271 e. The van der Waals surface area contributed by atoms with Crippen molar-refractivity contribution in [2.45, 2.75) is 20.0 Å². The van der Waals surface area contributed by atoms with Crippen LogP contribution in [-0.4, -0.2) is 48.1 Å². The first kappa shape index (κ1) is 18.3. The number of rotatable bonds is 4. The van der Waals surface area contributed by atoms with Gasteiger partial charge in [0.2, 0.25) is 0 Å². The van der Waals surface area contributed by atoms with Gasteiger partial charge in [-0.3, -0.25) is 14.7 Å². The number of hydrogen-bond acceptors (Lipinski definition) is 4. The van der Waals surface area contributed by atoms with Crippen LogP contribution in [0, 0.1) is 6.92 Å². The number of methoxy groups -OCH3 is 1. The van der Waals surface area contributed by atoms with Crippen LogP contribution in [-0.2, 0) is 0 Å². The number of H-pyrrole nitrogens is 1. The quantitative estimate of drug-likeness (QED) is 0.531. The van der Waals surface area contributed by atoms with E-state index >= 15 is 0 Å². The van der Waals surface area contributed by atoms with Crippen LogP contribution in [0.5, 0.6) is 5.75 Å². The van der Waals surface area contributed by atoms with Gasteiger partial charge in [-0.15, -0.1) is 0 Å². The summed E-state index contributed by atoms with van der Waals surface area (Å²) < 4.78 is 5.39. The lowest BCUT2D eigenvalue weighted by Gasteiger charge is -2.21. The first-order valence-corrected chi connectivity index (χ1v) is 9.25. The number of carbonyl (C=O) groups excluding carboxylic acids is 1. The zero-order valence-electron chi connectivity index (χ0n) is 16.8. The second-order valence-electron chi connectivity index (χ2n) is 7.33. The number of carbonyl (C=O) groups is 1. The Labute approximate surface area is 163 Å². The smallest absolute Gasteiger partial charge is 0.271 e. The molecular weight excluding hydrogens is 352 g/mol. The SMILES string of the molecule is COc1ccc2[nH]c3c(C)c4ccnc(C(=O)NC(C)N(C)C)c4cc3c2c1. The largest absolute Gasteiger partial charge is 0.497 e. The second-order valence-corrected chi connectivity index (χ2v) is 7.33. The minimum Gasteiger partial charge on any atom is -0.497 e. The lowest BCUT2D eigenvalue weighted by molar-refractivity contribution is 0.0897. The second kappa shape index (κ2) is 6.80. The summed E-state index contributed by atoms with van der Waals surface area (Å²) in [7, 11) is 5.51. The Morgan fingerprint density at radius 3 is 2.64 bits per heavy atom. The van der Waals surface area contributed by atoms with E-state index in [9.17, 15) is 4.79 Å². The maximum atomic E-state index is 12.9. The van der Waals surface area contributed by atoms with Gasteiger partial charge in [0.25, 0.3) is 5.91 Å². The molecule has 0 saturated carbocycles. The Morgan fingerprint density at radius 2 is 1.93 bits per heavy atom. The van der Waals surface area contributed by atoms with Gasteiger partial charge in [-0.25, -0.2) is 0 Å². The molecule has 1 unspecified atom stereocenters. The van der Waals surface area contributed by atoms with Gasteiger partial charge < -0.3 is 15.0 Å². The van der Waals surface area contributed by atoms with Crippen molar-refractivity contribution in [3.8, 4) is 5.75 Å². The fourth-order valence-corrected chi connectivity index (χ4v) is 3.56. The molecule has 6 heteroatoms. The fraction of sp³-hybridized carbons (Fsp3) is 0.273. The summed E-state index contributed by atoms with van der Waals surface area (Å²) >= 11 is 0. The van der Waals surface area contributed by atoms with Gasteiger partial charge in [-0.1, -0.05) is 0 Å². The highest BCUT2D eigenvalue weighted by atomic mass is 16.5. The average Bonchev–Trinajstić information content (AvgIpc) is 3.05. The van der Waals surface area contributed by atoms with Crippen molar-refractivity contribution >= 4 is 38.5 Å². The predicted octanol–water partition coefficient (Wildman–Crippen LogP) is 3.82. The number of ether oxygens (including phenoxy) is 1. The van der Waals surface area contributed by atoms with Crippen LogP contribution in [0.15, 0.2) is 36.5 Å². The number of aromatic nitrogens is 2. The van der Waals surface area contributed by atoms with Crippen LogP contribution in [0.3, 0.4) is 0 Å². The van der Waals surface area contributed by atoms with Crippen molar-refractivity contribution in [2.75, 3.05) is 21.2 Å². The van der Waals surface area contributed by atoms with E-state index in [0.29, 0.717) is 5.69 Å². The molecule has 0 spiro atoms. The van der Waals surface area contributed by atoms with Crippen LogP contribution in [0.2, 0.25) is 0 Å². The van der Waals surface area contributed by atoms with Gasteiger partial charge in [-0.05, 0) is 69.2 Å². The molecule has 28 heavy (non-hydrogen) atoms. The Bertz CT molecular complexity index is 1210. The third-order valence-electron chi connectivity index (χ3n) is 5.43. The monoisotopic (exact) mass is 376 g/mol. The standard InChI is InChI=1S/C22H24N4O2/c1-12-15-8-9-23-21(22(27)24-13(2)26(3)4)17(15)11-18-16-10-14(28-5)6-7-19(16)25-20(12)18/h6-11,13,25H,1-5H3,(H,24,27). The Morgan fingerprint density at radius 1 is 1.14 bits per heavy atom. The molecule has 1 atom stereocenters. The number of benzene rings is 2. The highest BCUT2D eigenvalue weighted by Gasteiger charge is 2.18.